The van der Waals surface area contributed by atoms with Crippen LogP contribution in [0.25, 0.3) is 0 Å². The maximum Gasteiger partial charge on any atom is 0.0624 e. The van der Waals surface area contributed by atoms with Gasteiger partial charge in [0.2, 0.25) is 0 Å². The van der Waals surface area contributed by atoms with Gasteiger partial charge in [0.15, 0.2) is 0 Å². The lowest BCUT2D eigenvalue weighted by Gasteiger charge is -2.20. The SMILES string of the molecule is CCC(C)CC1C(N)COC1C. The molecule has 1 fully saturated rings. The Balaban J connectivity index is 2.38. The van der Waals surface area contributed by atoms with Gasteiger partial charge in [-0.3, -0.25) is 0 Å². The predicted molar refractivity (Wildman–Crippen MR) is 51.0 cm³/mol. The quantitative estimate of drug-likeness (QED) is 0.702. The Morgan fingerprint density at radius 1 is 1.58 bits per heavy atom. The van der Waals surface area contributed by atoms with Crippen molar-refractivity contribution in [1.29, 1.82) is 0 Å². The summed E-state index contributed by atoms with van der Waals surface area (Å²) >= 11 is 0. The van der Waals surface area contributed by atoms with E-state index < -0.39 is 0 Å². The summed E-state index contributed by atoms with van der Waals surface area (Å²) in [5, 5.41) is 0. The summed E-state index contributed by atoms with van der Waals surface area (Å²) in [7, 11) is 0. The molecule has 0 amide bonds. The van der Waals surface area contributed by atoms with Crippen LogP contribution in [0.1, 0.15) is 33.6 Å². The highest BCUT2D eigenvalue weighted by Crippen LogP contribution is 2.27. The Bertz CT molecular complexity index is 128. The number of hydrogen-bond donors (Lipinski definition) is 1. The summed E-state index contributed by atoms with van der Waals surface area (Å²) in [4.78, 5) is 0. The third-order valence-electron chi connectivity index (χ3n) is 3.08. The van der Waals surface area contributed by atoms with Gasteiger partial charge in [0.1, 0.15) is 0 Å². The third-order valence-corrected chi connectivity index (χ3v) is 3.08. The normalized spacial score (nSPS) is 38.5. The van der Waals surface area contributed by atoms with Crippen LogP contribution in [0.3, 0.4) is 0 Å². The molecule has 1 aliphatic rings. The van der Waals surface area contributed by atoms with E-state index in [1.54, 1.807) is 0 Å². The second-order valence-corrected chi connectivity index (χ2v) is 4.12. The monoisotopic (exact) mass is 171 g/mol. The van der Waals surface area contributed by atoms with Crippen LogP contribution in [0.4, 0.5) is 0 Å². The zero-order chi connectivity index (χ0) is 9.14. The molecular formula is C10H21NO. The Labute approximate surface area is 75.5 Å². The standard InChI is InChI=1S/C10H21NO/c1-4-7(2)5-9-8(3)12-6-10(9)11/h7-10H,4-6,11H2,1-3H3. The molecule has 0 spiro atoms. The van der Waals surface area contributed by atoms with Gasteiger partial charge in [0.25, 0.3) is 0 Å². The molecule has 1 rings (SSSR count). The molecule has 2 N–H and O–H groups in total. The van der Waals surface area contributed by atoms with Gasteiger partial charge in [-0.15, -0.1) is 0 Å². The van der Waals surface area contributed by atoms with Crippen LogP contribution < -0.4 is 5.73 Å². The first kappa shape index (κ1) is 10.0. The summed E-state index contributed by atoms with van der Waals surface area (Å²) in [6.07, 6.45) is 2.84. The van der Waals surface area contributed by atoms with Gasteiger partial charge in [0, 0.05) is 12.0 Å². The van der Waals surface area contributed by atoms with Gasteiger partial charge in [-0.25, -0.2) is 0 Å². The first-order valence-electron chi connectivity index (χ1n) is 5.02. The fourth-order valence-corrected chi connectivity index (χ4v) is 1.86. The van der Waals surface area contributed by atoms with Crippen molar-refractivity contribution in [3.8, 4) is 0 Å². The average Bonchev–Trinajstić information content (AvgIpc) is 2.35. The highest BCUT2D eigenvalue weighted by atomic mass is 16.5. The van der Waals surface area contributed by atoms with Gasteiger partial charge < -0.3 is 10.5 Å². The molecule has 0 saturated carbocycles. The van der Waals surface area contributed by atoms with E-state index in [0.717, 1.165) is 12.5 Å². The van der Waals surface area contributed by atoms with Gasteiger partial charge in [0.05, 0.1) is 12.7 Å². The molecule has 0 aliphatic carbocycles. The molecule has 0 radical (unpaired) electrons. The highest BCUT2D eigenvalue weighted by molar-refractivity contribution is 4.84. The van der Waals surface area contributed by atoms with Crippen molar-refractivity contribution in [2.45, 2.75) is 45.8 Å². The van der Waals surface area contributed by atoms with Crippen LogP contribution in [-0.4, -0.2) is 18.8 Å². The molecule has 2 nitrogen and oxygen atoms in total. The van der Waals surface area contributed by atoms with Crippen molar-refractivity contribution in [3.05, 3.63) is 0 Å². The van der Waals surface area contributed by atoms with E-state index >= 15 is 0 Å². The summed E-state index contributed by atoms with van der Waals surface area (Å²) in [6.45, 7) is 7.41. The van der Waals surface area contributed by atoms with Crippen LogP contribution in [0.2, 0.25) is 0 Å². The lowest BCUT2D eigenvalue weighted by atomic mass is 9.87. The van der Waals surface area contributed by atoms with Crippen LogP contribution in [0.15, 0.2) is 0 Å². The first-order chi connectivity index (χ1) is 5.65. The van der Waals surface area contributed by atoms with Gasteiger partial charge in [-0.2, -0.15) is 0 Å². The molecule has 1 aliphatic heterocycles. The Hall–Kier alpha value is -0.0800. The molecule has 12 heavy (non-hydrogen) atoms. The van der Waals surface area contributed by atoms with Crippen molar-refractivity contribution in [3.63, 3.8) is 0 Å². The Morgan fingerprint density at radius 3 is 2.67 bits per heavy atom. The zero-order valence-corrected chi connectivity index (χ0v) is 8.42. The summed E-state index contributed by atoms with van der Waals surface area (Å²) in [5.41, 5.74) is 5.95. The molecule has 0 aromatic heterocycles. The maximum atomic E-state index is 5.95. The van der Waals surface area contributed by atoms with Gasteiger partial charge in [-0.05, 0) is 19.3 Å². The summed E-state index contributed by atoms with van der Waals surface area (Å²) in [5.74, 6) is 1.37. The number of rotatable bonds is 3. The summed E-state index contributed by atoms with van der Waals surface area (Å²) in [6, 6.07) is 0.272. The number of ether oxygens (including phenoxy) is 1. The van der Waals surface area contributed by atoms with Gasteiger partial charge in [-0.1, -0.05) is 20.3 Å². The number of hydrogen-bond acceptors (Lipinski definition) is 2. The average molecular weight is 171 g/mol. The smallest absolute Gasteiger partial charge is 0.0624 e. The minimum absolute atomic E-state index is 0.272. The molecule has 1 heterocycles. The van der Waals surface area contributed by atoms with Gasteiger partial charge >= 0.3 is 0 Å². The fourth-order valence-electron chi connectivity index (χ4n) is 1.86. The Morgan fingerprint density at radius 2 is 2.25 bits per heavy atom. The maximum absolute atomic E-state index is 5.95. The molecule has 0 aromatic rings. The zero-order valence-electron chi connectivity index (χ0n) is 8.42. The van der Waals surface area contributed by atoms with E-state index in [2.05, 4.69) is 20.8 Å². The third kappa shape index (κ3) is 2.20. The second-order valence-electron chi connectivity index (χ2n) is 4.12. The molecule has 0 aromatic carbocycles. The Kier molecular flexibility index (Phi) is 3.53. The minimum Gasteiger partial charge on any atom is -0.377 e. The molecule has 4 unspecified atom stereocenters. The van der Waals surface area contributed by atoms with Crippen molar-refractivity contribution < 1.29 is 4.74 Å². The fraction of sp³-hybridized carbons (Fsp3) is 1.00. The van der Waals surface area contributed by atoms with Crippen LogP contribution >= 0.6 is 0 Å². The van der Waals surface area contributed by atoms with E-state index in [4.69, 9.17) is 10.5 Å². The van der Waals surface area contributed by atoms with E-state index in [0.29, 0.717) is 12.0 Å². The molecule has 1 saturated heterocycles. The first-order valence-corrected chi connectivity index (χ1v) is 5.02. The van der Waals surface area contributed by atoms with Crippen molar-refractivity contribution in [2.24, 2.45) is 17.6 Å². The van der Waals surface area contributed by atoms with Crippen molar-refractivity contribution in [2.75, 3.05) is 6.61 Å². The molecular weight excluding hydrogens is 150 g/mol. The van der Waals surface area contributed by atoms with Crippen LogP contribution in [0.5, 0.6) is 0 Å². The molecule has 72 valence electrons. The van der Waals surface area contributed by atoms with Crippen LogP contribution in [0, 0.1) is 11.8 Å². The highest BCUT2D eigenvalue weighted by Gasteiger charge is 2.32. The van der Waals surface area contributed by atoms with Crippen LogP contribution in [-0.2, 0) is 4.74 Å². The number of nitrogens with two attached hydrogens (primary N) is 1. The predicted octanol–water partition coefficient (Wildman–Crippen LogP) is 1.78. The van der Waals surface area contributed by atoms with E-state index in [9.17, 15) is 0 Å². The minimum atomic E-state index is 0.272. The van der Waals surface area contributed by atoms with E-state index in [1.807, 2.05) is 0 Å². The van der Waals surface area contributed by atoms with Crippen molar-refractivity contribution in [1.82, 2.24) is 0 Å². The lowest BCUT2D eigenvalue weighted by molar-refractivity contribution is 0.0996. The van der Waals surface area contributed by atoms with Crippen molar-refractivity contribution >= 4 is 0 Å². The lowest BCUT2D eigenvalue weighted by Crippen LogP contribution is -2.31. The largest absolute Gasteiger partial charge is 0.377 e. The summed E-state index contributed by atoms with van der Waals surface area (Å²) < 4.78 is 5.50. The molecule has 2 heteroatoms. The van der Waals surface area contributed by atoms with E-state index in [-0.39, 0.29) is 6.04 Å². The molecule has 4 atom stereocenters. The van der Waals surface area contributed by atoms with E-state index in [1.165, 1.54) is 12.8 Å². The second kappa shape index (κ2) is 4.24. The molecule has 0 bridgehead atoms. The topological polar surface area (TPSA) is 35.2 Å².